The van der Waals surface area contributed by atoms with Crippen LogP contribution in [-0.4, -0.2) is 47.5 Å². The Morgan fingerprint density at radius 1 is 1.21 bits per heavy atom. The Balaban J connectivity index is 2.20. The second-order valence-electron chi connectivity index (χ2n) is 7.24. The molecule has 2 aromatic carbocycles. The number of halogens is 2. The molecule has 1 N–H and O–H groups in total. The minimum Gasteiger partial charge on any atom is -0.481 e. The van der Waals surface area contributed by atoms with Gasteiger partial charge in [-0.15, -0.1) is 0 Å². The average molecular weight is 417 g/mol. The Morgan fingerprint density at radius 2 is 1.90 bits per heavy atom. The molecule has 7 heteroatoms. The predicted molar refractivity (Wildman–Crippen MR) is 110 cm³/mol. The van der Waals surface area contributed by atoms with Gasteiger partial charge in [0.05, 0.1) is 5.54 Å². The lowest BCUT2D eigenvalue weighted by molar-refractivity contribution is -0.137. The number of aliphatic carboxylic acids is 1. The monoisotopic (exact) mass is 416 g/mol. The molecule has 3 rings (SSSR count). The quantitative estimate of drug-likeness (QED) is 0.773. The maximum absolute atomic E-state index is 14.6. The minimum atomic E-state index is -1.01. The van der Waals surface area contributed by atoms with E-state index in [0.717, 1.165) is 5.56 Å². The number of carbonyl (C=O) groups excluding carboxylic acids is 1. The molecule has 0 saturated heterocycles. The van der Waals surface area contributed by atoms with Gasteiger partial charge in [-0.2, -0.15) is 0 Å². The minimum absolute atomic E-state index is 0.142. The van der Waals surface area contributed by atoms with Crippen LogP contribution in [0.5, 0.6) is 0 Å². The summed E-state index contributed by atoms with van der Waals surface area (Å²) >= 11 is 6.08. The van der Waals surface area contributed by atoms with Crippen LogP contribution >= 0.6 is 11.6 Å². The zero-order chi connectivity index (χ0) is 21.2. The predicted octanol–water partition coefficient (Wildman–Crippen LogP) is 4.62. The number of hydrogen-bond donors (Lipinski definition) is 1. The third-order valence-corrected chi connectivity index (χ3v) is 5.34. The molecule has 0 fully saturated rings. The molecule has 0 aliphatic carbocycles. The Bertz CT molecular complexity index is 962. The molecule has 2 amide bonds. The van der Waals surface area contributed by atoms with E-state index in [-0.39, 0.29) is 25.4 Å². The lowest BCUT2D eigenvalue weighted by atomic mass is 9.84. The normalized spacial score (nSPS) is 18.5. The molecule has 2 aromatic rings. The van der Waals surface area contributed by atoms with Gasteiger partial charge in [0, 0.05) is 37.6 Å². The topological polar surface area (TPSA) is 60.9 Å². The van der Waals surface area contributed by atoms with Crippen molar-refractivity contribution in [2.45, 2.75) is 18.4 Å². The summed E-state index contributed by atoms with van der Waals surface area (Å²) in [6, 6.07) is 13.2. The molecule has 0 saturated carbocycles. The molecule has 152 valence electrons. The van der Waals surface area contributed by atoms with Crippen LogP contribution in [0.2, 0.25) is 5.02 Å². The highest BCUT2D eigenvalue weighted by molar-refractivity contribution is 6.30. The van der Waals surface area contributed by atoms with Crippen LogP contribution in [0.25, 0.3) is 5.57 Å². The van der Waals surface area contributed by atoms with Crippen molar-refractivity contribution in [3.8, 4) is 0 Å². The van der Waals surface area contributed by atoms with Gasteiger partial charge in [0.15, 0.2) is 0 Å². The van der Waals surface area contributed by atoms with Crippen LogP contribution in [0.4, 0.5) is 9.18 Å². The van der Waals surface area contributed by atoms with Crippen LogP contribution < -0.4 is 0 Å². The number of amides is 2. The van der Waals surface area contributed by atoms with E-state index < -0.39 is 17.3 Å². The van der Waals surface area contributed by atoms with Gasteiger partial charge in [-0.1, -0.05) is 41.9 Å². The van der Waals surface area contributed by atoms with Crippen molar-refractivity contribution < 1.29 is 19.1 Å². The fraction of sp³-hybridized carbons (Fsp3) is 0.273. The SMILES string of the molecule is CN(C)C(=O)N1CC(c2cc(Cl)ccc2F)=CC1(CCC(=O)O)c1ccccc1. The van der Waals surface area contributed by atoms with Crippen molar-refractivity contribution in [2.24, 2.45) is 0 Å². The number of urea groups is 1. The third kappa shape index (κ3) is 4.12. The molecule has 0 spiro atoms. The Labute approximate surface area is 174 Å². The summed E-state index contributed by atoms with van der Waals surface area (Å²) < 4.78 is 14.6. The van der Waals surface area contributed by atoms with Crippen LogP contribution in [0.1, 0.15) is 24.0 Å². The van der Waals surface area contributed by atoms with Gasteiger partial charge in [-0.25, -0.2) is 9.18 Å². The maximum atomic E-state index is 14.6. The second-order valence-corrected chi connectivity index (χ2v) is 7.68. The standard InChI is InChI=1S/C22H22ClFN2O3/c1-25(2)21(29)26-14-15(18-12-17(23)8-9-19(18)24)13-22(26,11-10-20(27)28)16-6-4-3-5-7-16/h3-9,12-13H,10-11,14H2,1-2H3,(H,27,28). The first-order chi connectivity index (χ1) is 13.7. The van der Waals surface area contributed by atoms with Gasteiger partial charge in [-0.3, -0.25) is 4.79 Å². The zero-order valence-corrected chi connectivity index (χ0v) is 17.0. The third-order valence-electron chi connectivity index (χ3n) is 5.10. The first-order valence-electron chi connectivity index (χ1n) is 9.18. The summed E-state index contributed by atoms with van der Waals surface area (Å²) in [6.07, 6.45) is 1.83. The van der Waals surface area contributed by atoms with Gasteiger partial charge in [-0.05, 0) is 41.8 Å². The maximum Gasteiger partial charge on any atom is 0.320 e. The summed E-state index contributed by atoms with van der Waals surface area (Å²) in [5.41, 5.74) is 0.663. The molecule has 0 radical (unpaired) electrons. The van der Waals surface area contributed by atoms with E-state index in [9.17, 15) is 19.1 Å². The van der Waals surface area contributed by atoms with Gasteiger partial charge < -0.3 is 14.9 Å². The Morgan fingerprint density at radius 3 is 2.52 bits per heavy atom. The number of carbonyl (C=O) groups is 2. The number of hydrogen-bond acceptors (Lipinski definition) is 2. The van der Waals surface area contributed by atoms with E-state index in [4.69, 9.17) is 11.6 Å². The Kier molecular flexibility index (Phi) is 5.94. The molecule has 0 bridgehead atoms. The van der Waals surface area contributed by atoms with Crippen molar-refractivity contribution in [3.63, 3.8) is 0 Å². The fourth-order valence-electron chi connectivity index (χ4n) is 3.72. The highest BCUT2D eigenvalue weighted by Gasteiger charge is 2.45. The van der Waals surface area contributed by atoms with E-state index in [2.05, 4.69) is 0 Å². The molecular formula is C22H22ClFN2O3. The molecule has 29 heavy (non-hydrogen) atoms. The molecule has 1 unspecified atom stereocenters. The fourth-order valence-corrected chi connectivity index (χ4v) is 3.90. The van der Waals surface area contributed by atoms with Crippen LogP contribution in [-0.2, 0) is 10.3 Å². The molecule has 1 aliphatic rings. The first kappa shape index (κ1) is 20.9. The number of rotatable bonds is 5. The molecular weight excluding hydrogens is 395 g/mol. The van der Waals surface area contributed by atoms with E-state index in [1.165, 1.54) is 23.1 Å². The number of nitrogens with zero attached hydrogens (tertiary/aromatic N) is 2. The van der Waals surface area contributed by atoms with Crippen molar-refractivity contribution in [1.29, 1.82) is 0 Å². The van der Waals surface area contributed by atoms with Crippen LogP contribution in [0.15, 0.2) is 54.6 Å². The summed E-state index contributed by atoms with van der Waals surface area (Å²) in [5.74, 6) is -1.41. The zero-order valence-electron chi connectivity index (χ0n) is 16.2. The van der Waals surface area contributed by atoms with Crippen molar-refractivity contribution in [1.82, 2.24) is 9.80 Å². The highest BCUT2D eigenvalue weighted by Crippen LogP contribution is 2.44. The smallest absolute Gasteiger partial charge is 0.320 e. The lowest BCUT2D eigenvalue weighted by Crippen LogP contribution is -2.49. The second kappa shape index (κ2) is 8.25. The lowest BCUT2D eigenvalue weighted by Gasteiger charge is -2.39. The van der Waals surface area contributed by atoms with Gasteiger partial charge in [0.25, 0.3) is 0 Å². The average Bonchev–Trinajstić information content (AvgIpc) is 3.09. The summed E-state index contributed by atoms with van der Waals surface area (Å²) in [6.45, 7) is 0.142. The van der Waals surface area contributed by atoms with Crippen molar-refractivity contribution >= 4 is 29.2 Å². The van der Waals surface area contributed by atoms with Crippen LogP contribution in [0.3, 0.4) is 0 Å². The largest absolute Gasteiger partial charge is 0.481 e. The van der Waals surface area contributed by atoms with Gasteiger partial charge >= 0.3 is 12.0 Å². The molecule has 1 atom stereocenters. The van der Waals surface area contributed by atoms with E-state index in [1.54, 1.807) is 25.1 Å². The molecule has 5 nitrogen and oxygen atoms in total. The van der Waals surface area contributed by atoms with E-state index >= 15 is 0 Å². The van der Waals surface area contributed by atoms with Crippen molar-refractivity contribution in [2.75, 3.05) is 20.6 Å². The summed E-state index contributed by atoms with van der Waals surface area (Å²) in [7, 11) is 3.26. The molecule has 1 heterocycles. The molecule has 0 aromatic heterocycles. The van der Waals surface area contributed by atoms with Gasteiger partial charge in [0.1, 0.15) is 5.82 Å². The van der Waals surface area contributed by atoms with Crippen LogP contribution in [0, 0.1) is 5.82 Å². The van der Waals surface area contributed by atoms with E-state index in [0.29, 0.717) is 16.2 Å². The van der Waals surface area contributed by atoms with Crippen molar-refractivity contribution in [3.05, 3.63) is 76.6 Å². The number of benzene rings is 2. The number of carboxylic acid groups (broad SMARTS) is 1. The molecule has 1 aliphatic heterocycles. The first-order valence-corrected chi connectivity index (χ1v) is 9.56. The van der Waals surface area contributed by atoms with Gasteiger partial charge in [0.2, 0.25) is 0 Å². The highest BCUT2D eigenvalue weighted by atomic mass is 35.5. The number of carboxylic acids is 1. The summed E-state index contributed by atoms with van der Waals surface area (Å²) in [4.78, 5) is 27.5. The van der Waals surface area contributed by atoms with E-state index in [1.807, 2.05) is 30.3 Å². The summed E-state index contributed by atoms with van der Waals surface area (Å²) in [5, 5.41) is 9.71. The Hall–Kier alpha value is -2.86.